The molecule has 1 aliphatic heterocycles. The van der Waals surface area contributed by atoms with E-state index in [1.807, 2.05) is 39.8 Å². The largest absolute Gasteiger partial charge is 0.490 e. The fraction of sp³-hybridized carbons (Fsp3) is 0.442. The monoisotopic (exact) mass is 693 g/mol. The summed E-state index contributed by atoms with van der Waals surface area (Å²) >= 11 is 0. The van der Waals surface area contributed by atoms with Crippen molar-refractivity contribution in [2.45, 2.75) is 98.1 Å². The first-order valence-corrected chi connectivity index (χ1v) is 17.9. The van der Waals surface area contributed by atoms with Gasteiger partial charge < -0.3 is 23.8 Å². The summed E-state index contributed by atoms with van der Waals surface area (Å²) in [6.07, 6.45) is 7.21. The number of nitrogens with zero attached hydrogens (tertiary/aromatic N) is 3. The zero-order chi connectivity index (χ0) is 37.1. The number of anilines is 1. The third-order valence-corrected chi connectivity index (χ3v) is 9.68. The normalized spacial score (nSPS) is 15.7. The Kier molecular flexibility index (Phi) is 11.5. The number of fused-ring (bicyclic) bond motifs is 1. The second kappa shape index (κ2) is 15.5. The molecule has 0 radical (unpaired) electrons. The molecule has 1 fully saturated rings. The molecule has 2 aromatic heterocycles. The number of pyridine rings is 1. The van der Waals surface area contributed by atoms with Crippen molar-refractivity contribution in [1.29, 1.82) is 0 Å². The maximum absolute atomic E-state index is 13.5. The lowest BCUT2D eigenvalue weighted by Gasteiger charge is -2.41. The zero-order valence-electron chi connectivity index (χ0n) is 32.0. The molecule has 272 valence electrons. The maximum Gasteiger partial charge on any atom is 0.339 e. The number of esters is 1. The molecule has 8 nitrogen and oxygen atoms in total. The predicted molar refractivity (Wildman–Crippen MR) is 207 cm³/mol. The van der Waals surface area contributed by atoms with Crippen LogP contribution >= 0.6 is 0 Å². The molecule has 2 atom stereocenters. The second-order valence-corrected chi connectivity index (χ2v) is 15.1. The molecular formula is C43H55N3O5. The van der Waals surface area contributed by atoms with Crippen LogP contribution in [0.2, 0.25) is 0 Å². The van der Waals surface area contributed by atoms with E-state index in [1.54, 1.807) is 6.08 Å². The molecule has 0 saturated carbocycles. The van der Waals surface area contributed by atoms with Gasteiger partial charge in [0.15, 0.2) is 6.10 Å². The van der Waals surface area contributed by atoms with E-state index in [1.165, 1.54) is 18.2 Å². The lowest BCUT2D eigenvalue weighted by molar-refractivity contribution is -0.164. The van der Waals surface area contributed by atoms with E-state index in [9.17, 15) is 4.79 Å². The number of aromatic nitrogens is 2. The van der Waals surface area contributed by atoms with Crippen LogP contribution < -0.4 is 9.64 Å². The lowest BCUT2D eigenvalue weighted by Crippen LogP contribution is -2.45. The van der Waals surface area contributed by atoms with Gasteiger partial charge in [-0.15, -0.1) is 13.2 Å². The minimum atomic E-state index is -0.930. The first-order chi connectivity index (χ1) is 24.2. The predicted octanol–water partition coefficient (Wildman–Crippen LogP) is 9.53. The van der Waals surface area contributed by atoms with Crippen LogP contribution in [0.4, 0.5) is 5.82 Å². The van der Waals surface area contributed by atoms with Crippen molar-refractivity contribution in [2.75, 3.05) is 31.7 Å². The summed E-state index contributed by atoms with van der Waals surface area (Å²) in [6, 6.07) is 14.8. The van der Waals surface area contributed by atoms with E-state index in [0.717, 1.165) is 83.1 Å². The number of hydrogen-bond donors (Lipinski definition) is 0. The highest BCUT2D eigenvalue weighted by Crippen LogP contribution is 2.41. The Morgan fingerprint density at radius 2 is 1.69 bits per heavy atom. The van der Waals surface area contributed by atoms with Crippen molar-refractivity contribution in [3.8, 4) is 28.1 Å². The van der Waals surface area contributed by atoms with Crippen LogP contribution in [0, 0.1) is 20.8 Å². The van der Waals surface area contributed by atoms with E-state index in [4.69, 9.17) is 23.9 Å². The molecule has 0 spiro atoms. The third-order valence-electron chi connectivity index (χ3n) is 9.68. The molecule has 0 aliphatic carbocycles. The van der Waals surface area contributed by atoms with E-state index >= 15 is 0 Å². The van der Waals surface area contributed by atoms with Crippen LogP contribution in [0.15, 0.2) is 74.0 Å². The van der Waals surface area contributed by atoms with Gasteiger partial charge in [-0.25, -0.2) is 9.78 Å². The van der Waals surface area contributed by atoms with Crippen LogP contribution in [0.3, 0.4) is 0 Å². The molecule has 2 aromatic carbocycles. The maximum atomic E-state index is 13.5. The second-order valence-electron chi connectivity index (χ2n) is 15.1. The van der Waals surface area contributed by atoms with E-state index in [-0.39, 0.29) is 11.7 Å². The summed E-state index contributed by atoms with van der Waals surface area (Å²) in [7, 11) is 1.41. The standard InChI is InChI=1S/C43H55N3O5/c1-12-15-31(6)50-36-24-29(4)28(3)23-34(36)32-16-14-17-33(26-32)35-27-46-37(44-35)25-30(5)38(39(41(47)48-11)51-42(7,8)9)40(46)45-20-18-43(10,19-21-45)49-22-13-2/h12-14,16-17,23-27,31,39H,1-2,15,18-22H2,3-11H3. The highest BCUT2D eigenvalue weighted by molar-refractivity contribution is 5.82. The Morgan fingerprint density at radius 3 is 2.33 bits per heavy atom. The van der Waals surface area contributed by atoms with Crippen molar-refractivity contribution >= 4 is 17.4 Å². The van der Waals surface area contributed by atoms with Gasteiger partial charge in [-0.05, 0) is 115 Å². The van der Waals surface area contributed by atoms with Crippen LogP contribution in [-0.4, -0.2) is 59.5 Å². The summed E-state index contributed by atoms with van der Waals surface area (Å²) in [4.78, 5) is 21.0. The van der Waals surface area contributed by atoms with Gasteiger partial charge >= 0.3 is 5.97 Å². The Morgan fingerprint density at radius 1 is 1.00 bits per heavy atom. The van der Waals surface area contributed by atoms with Crippen molar-refractivity contribution in [3.05, 3.63) is 96.2 Å². The van der Waals surface area contributed by atoms with Gasteiger partial charge in [0.1, 0.15) is 17.2 Å². The molecule has 0 N–H and O–H groups in total. The van der Waals surface area contributed by atoms with Crippen LogP contribution in [0.1, 0.15) is 82.2 Å². The summed E-state index contributed by atoms with van der Waals surface area (Å²) in [5.74, 6) is 1.29. The number of piperidine rings is 1. The van der Waals surface area contributed by atoms with Crippen molar-refractivity contribution < 1.29 is 23.7 Å². The van der Waals surface area contributed by atoms with E-state index in [0.29, 0.717) is 6.61 Å². The smallest absolute Gasteiger partial charge is 0.339 e. The fourth-order valence-corrected chi connectivity index (χ4v) is 6.77. The Labute approximate surface area is 304 Å². The average Bonchev–Trinajstić information content (AvgIpc) is 3.51. The van der Waals surface area contributed by atoms with E-state index in [2.05, 4.69) is 92.7 Å². The van der Waals surface area contributed by atoms with Gasteiger partial charge in [0, 0.05) is 42.4 Å². The molecule has 4 aromatic rings. The van der Waals surface area contributed by atoms with Crippen LogP contribution in [-0.2, 0) is 19.0 Å². The van der Waals surface area contributed by atoms with Gasteiger partial charge in [0.25, 0.3) is 0 Å². The number of rotatable bonds is 13. The number of carbonyl (C=O) groups is 1. The van der Waals surface area contributed by atoms with Crippen molar-refractivity contribution in [2.24, 2.45) is 0 Å². The highest BCUT2D eigenvalue weighted by atomic mass is 16.6. The number of hydrogen-bond acceptors (Lipinski definition) is 7. The summed E-state index contributed by atoms with van der Waals surface area (Å²) in [6.45, 7) is 26.0. The van der Waals surface area contributed by atoms with Crippen LogP contribution in [0.5, 0.6) is 5.75 Å². The Hall–Kier alpha value is -4.40. The topological polar surface area (TPSA) is 74.5 Å². The SMILES string of the molecule is C=CCOC1(C)CCN(c2c(C(OC(C)(C)C)C(=O)OC)c(C)cc3nc(-c4cccc(-c5cc(C)c(C)cc5OC(C)CC=C)c4)cn23)CC1. The van der Waals surface area contributed by atoms with E-state index < -0.39 is 17.7 Å². The number of imidazole rings is 1. The number of aryl methyl sites for hydroxylation is 3. The van der Waals surface area contributed by atoms with Crippen LogP contribution in [0.25, 0.3) is 28.0 Å². The minimum absolute atomic E-state index is 0.00174. The van der Waals surface area contributed by atoms with Gasteiger partial charge in [0.05, 0.1) is 36.7 Å². The minimum Gasteiger partial charge on any atom is -0.490 e. The summed E-state index contributed by atoms with van der Waals surface area (Å²) in [5.41, 5.74) is 7.87. The average molecular weight is 694 g/mol. The lowest BCUT2D eigenvalue weighted by atomic mass is 9.92. The molecule has 1 aliphatic rings. The van der Waals surface area contributed by atoms with Crippen molar-refractivity contribution in [1.82, 2.24) is 9.38 Å². The molecular weight excluding hydrogens is 638 g/mol. The molecule has 0 amide bonds. The zero-order valence-corrected chi connectivity index (χ0v) is 32.0. The molecule has 0 bridgehead atoms. The summed E-state index contributed by atoms with van der Waals surface area (Å²) < 4.78 is 26.6. The first kappa shape index (κ1) is 37.8. The third kappa shape index (κ3) is 8.57. The fourth-order valence-electron chi connectivity index (χ4n) is 6.77. The number of benzene rings is 2. The Balaban J connectivity index is 1.65. The van der Waals surface area contributed by atoms with Gasteiger partial charge in [-0.3, -0.25) is 4.40 Å². The molecule has 51 heavy (non-hydrogen) atoms. The Bertz CT molecular complexity index is 1890. The highest BCUT2D eigenvalue weighted by Gasteiger charge is 2.37. The molecule has 1 saturated heterocycles. The molecule has 2 unspecified atom stereocenters. The van der Waals surface area contributed by atoms with Gasteiger partial charge in [-0.2, -0.15) is 0 Å². The molecule has 5 rings (SSSR count). The summed E-state index contributed by atoms with van der Waals surface area (Å²) in [5, 5.41) is 0. The van der Waals surface area contributed by atoms with Gasteiger partial charge in [0.2, 0.25) is 0 Å². The molecule has 8 heteroatoms. The molecule has 3 heterocycles. The number of carbonyl (C=O) groups excluding carboxylic acids is 1. The first-order valence-electron chi connectivity index (χ1n) is 17.9. The van der Waals surface area contributed by atoms with Crippen molar-refractivity contribution in [3.63, 3.8) is 0 Å². The van der Waals surface area contributed by atoms with Gasteiger partial charge in [-0.1, -0.05) is 30.4 Å². The quantitative estimate of drug-likeness (QED) is 0.102. The number of methoxy groups -OCH3 is 1. The number of ether oxygens (including phenoxy) is 4.